The Hall–Kier alpha value is -0.580. The van der Waals surface area contributed by atoms with Gasteiger partial charge in [-0.2, -0.15) is 0 Å². The van der Waals surface area contributed by atoms with Gasteiger partial charge in [0.25, 0.3) is 0 Å². The first-order chi connectivity index (χ1) is 9.43. The Kier molecular flexibility index (Phi) is 5.10. The van der Waals surface area contributed by atoms with E-state index in [2.05, 4.69) is 58.2 Å². The molecule has 0 saturated carbocycles. The third-order valence-corrected chi connectivity index (χ3v) is 4.63. The molecule has 1 saturated heterocycles. The number of benzene rings is 1. The van der Waals surface area contributed by atoms with E-state index in [1.54, 1.807) is 0 Å². The van der Waals surface area contributed by atoms with Gasteiger partial charge in [-0.15, -0.1) is 0 Å². The lowest BCUT2D eigenvalue weighted by molar-refractivity contribution is 0.0449. The SMILES string of the molecule is CCNC(C)c1ccc(N2CCCC(C)(O)C2)c(Br)c1. The van der Waals surface area contributed by atoms with Gasteiger partial charge >= 0.3 is 0 Å². The molecule has 0 bridgehead atoms. The summed E-state index contributed by atoms with van der Waals surface area (Å²) >= 11 is 3.69. The van der Waals surface area contributed by atoms with Crippen molar-refractivity contribution in [3.8, 4) is 0 Å². The molecule has 0 amide bonds. The summed E-state index contributed by atoms with van der Waals surface area (Å²) in [5.41, 5.74) is 1.89. The van der Waals surface area contributed by atoms with Crippen molar-refractivity contribution in [1.82, 2.24) is 5.32 Å². The number of nitrogens with one attached hydrogen (secondary N) is 1. The third kappa shape index (κ3) is 3.74. The van der Waals surface area contributed by atoms with Gasteiger partial charge in [0.1, 0.15) is 0 Å². The highest BCUT2D eigenvalue weighted by Crippen LogP contribution is 2.33. The number of hydrogen-bond donors (Lipinski definition) is 2. The van der Waals surface area contributed by atoms with E-state index in [1.165, 1.54) is 11.3 Å². The van der Waals surface area contributed by atoms with Crippen molar-refractivity contribution in [2.75, 3.05) is 24.5 Å². The van der Waals surface area contributed by atoms with Crippen molar-refractivity contribution in [2.45, 2.75) is 45.3 Å². The van der Waals surface area contributed by atoms with Crippen LogP contribution in [0.5, 0.6) is 0 Å². The van der Waals surface area contributed by atoms with E-state index in [0.717, 1.165) is 30.4 Å². The molecule has 2 N–H and O–H groups in total. The van der Waals surface area contributed by atoms with Crippen LogP contribution in [0.2, 0.25) is 0 Å². The predicted octanol–water partition coefficient (Wildman–Crippen LogP) is 3.47. The van der Waals surface area contributed by atoms with Crippen molar-refractivity contribution in [2.24, 2.45) is 0 Å². The van der Waals surface area contributed by atoms with Crippen molar-refractivity contribution in [3.05, 3.63) is 28.2 Å². The summed E-state index contributed by atoms with van der Waals surface area (Å²) in [6.45, 7) is 8.90. The maximum absolute atomic E-state index is 10.2. The molecule has 2 rings (SSSR count). The molecular formula is C16H25BrN2O. The van der Waals surface area contributed by atoms with Gasteiger partial charge in [-0.25, -0.2) is 0 Å². The number of anilines is 1. The fraction of sp³-hybridized carbons (Fsp3) is 0.625. The standard InChI is InChI=1S/C16H25BrN2O/c1-4-18-12(2)13-6-7-15(14(17)10-13)19-9-5-8-16(3,20)11-19/h6-7,10,12,18,20H,4-5,8-9,11H2,1-3H3. The highest BCUT2D eigenvalue weighted by Gasteiger charge is 2.29. The quantitative estimate of drug-likeness (QED) is 0.880. The minimum atomic E-state index is -0.576. The lowest BCUT2D eigenvalue weighted by Crippen LogP contribution is -2.46. The van der Waals surface area contributed by atoms with Crippen molar-refractivity contribution >= 4 is 21.6 Å². The summed E-state index contributed by atoms with van der Waals surface area (Å²) in [7, 11) is 0. The molecule has 3 nitrogen and oxygen atoms in total. The van der Waals surface area contributed by atoms with Crippen LogP contribution in [0.15, 0.2) is 22.7 Å². The Morgan fingerprint density at radius 3 is 2.85 bits per heavy atom. The van der Waals surface area contributed by atoms with Gasteiger partial charge < -0.3 is 15.3 Å². The van der Waals surface area contributed by atoms with Crippen molar-refractivity contribution in [3.63, 3.8) is 0 Å². The van der Waals surface area contributed by atoms with Crippen LogP contribution in [0.4, 0.5) is 5.69 Å². The molecule has 2 atom stereocenters. The number of hydrogen-bond acceptors (Lipinski definition) is 3. The Morgan fingerprint density at radius 2 is 2.25 bits per heavy atom. The largest absolute Gasteiger partial charge is 0.388 e. The van der Waals surface area contributed by atoms with Crippen LogP contribution in [0.1, 0.15) is 45.2 Å². The minimum Gasteiger partial charge on any atom is -0.388 e. The van der Waals surface area contributed by atoms with E-state index >= 15 is 0 Å². The number of rotatable bonds is 4. The maximum Gasteiger partial charge on any atom is 0.0794 e. The first-order valence-corrected chi connectivity index (χ1v) is 8.22. The second kappa shape index (κ2) is 6.46. The van der Waals surface area contributed by atoms with Gasteiger partial charge in [0, 0.05) is 23.6 Å². The predicted molar refractivity (Wildman–Crippen MR) is 88.3 cm³/mol. The molecule has 0 spiro atoms. The number of piperidine rings is 1. The van der Waals surface area contributed by atoms with Crippen LogP contribution in [0.3, 0.4) is 0 Å². The number of aliphatic hydroxyl groups is 1. The summed E-state index contributed by atoms with van der Waals surface area (Å²) in [5, 5.41) is 13.7. The maximum atomic E-state index is 10.2. The number of halogens is 1. The average Bonchev–Trinajstić information content (AvgIpc) is 2.37. The van der Waals surface area contributed by atoms with Crippen LogP contribution in [-0.4, -0.2) is 30.3 Å². The topological polar surface area (TPSA) is 35.5 Å². The summed E-state index contributed by atoms with van der Waals surface area (Å²) < 4.78 is 1.11. The summed E-state index contributed by atoms with van der Waals surface area (Å²) in [6.07, 6.45) is 1.92. The van der Waals surface area contributed by atoms with E-state index in [4.69, 9.17) is 0 Å². The molecule has 0 radical (unpaired) electrons. The average molecular weight is 341 g/mol. The molecule has 20 heavy (non-hydrogen) atoms. The van der Waals surface area contributed by atoms with E-state index in [1.807, 2.05) is 6.92 Å². The van der Waals surface area contributed by atoms with E-state index in [0.29, 0.717) is 12.6 Å². The van der Waals surface area contributed by atoms with Crippen LogP contribution in [0.25, 0.3) is 0 Å². The lowest BCUT2D eigenvalue weighted by atomic mass is 9.94. The smallest absolute Gasteiger partial charge is 0.0794 e. The fourth-order valence-corrected chi connectivity index (χ4v) is 3.55. The summed E-state index contributed by atoms with van der Waals surface area (Å²) in [5.74, 6) is 0. The Bertz CT molecular complexity index is 462. The normalized spacial score (nSPS) is 24.8. The van der Waals surface area contributed by atoms with Gasteiger partial charge in [-0.05, 0) is 66.9 Å². The van der Waals surface area contributed by atoms with Crippen LogP contribution in [0, 0.1) is 0 Å². The van der Waals surface area contributed by atoms with Gasteiger partial charge in [-0.3, -0.25) is 0 Å². The second-order valence-electron chi connectivity index (χ2n) is 6.01. The summed E-state index contributed by atoms with van der Waals surface area (Å²) in [6, 6.07) is 6.88. The molecule has 1 aromatic rings. The van der Waals surface area contributed by atoms with Crippen LogP contribution < -0.4 is 10.2 Å². The Labute approximate surface area is 130 Å². The van der Waals surface area contributed by atoms with Crippen LogP contribution in [-0.2, 0) is 0 Å². The third-order valence-electron chi connectivity index (χ3n) is 4.00. The Morgan fingerprint density at radius 1 is 1.50 bits per heavy atom. The summed E-state index contributed by atoms with van der Waals surface area (Å²) in [4.78, 5) is 2.27. The molecular weight excluding hydrogens is 316 g/mol. The molecule has 1 heterocycles. The highest BCUT2D eigenvalue weighted by atomic mass is 79.9. The van der Waals surface area contributed by atoms with Gasteiger partial charge in [0.15, 0.2) is 0 Å². The first-order valence-electron chi connectivity index (χ1n) is 7.43. The van der Waals surface area contributed by atoms with E-state index in [-0.39, 0.29) is 0 Å². The van der Waals surface area contributed by atoms with E-state index < -0.39 is 5.60 Å². The molecule has 2 unspecified atom stereocenters. The zero-order valence-electron chi connectivity index (χ0n) is 12.6. The molecule has 1 aliphatic heterocycles. The highest BCUT2D eigenvalue weighted by molar-refractivity contribution is 9.10. The van der Waals surface area contributed by atoms with E-state index in [9.17, 15) is 5.11 Å². The Balaban J connectivity index is 2.17. The molecule has 1 fully saturated rings. The van der Waals surface area contributed by atoms with Crippen molar-refractivity contribution < 1.29 is 5.11 Å². The first kappa shape index (κ1) is 15.8. The molecule has 1 aromatic carbocycles. The minimum absolute atomic E-state index is 0.356. The fourth-order valence-electron chi connectivity index (χ4n) is 2.90. The monoisotopic (exact) mass is 340 g/mol. The van der Waals surface area contributed by atoms with Crippen LogP contribution >= 0.6 is 15.9 Å². The molecule has 0 aliphatic carbocycles. The van der Waals surface area contributed by atoms with Gasteiger partial charge in [0.05, 0.1) is 11.3 Å². The number of β-amino-alcohol motifs (C(OH)–C–C–N with tert-alkyl or cyclic N) is 1. The van der Waals surface area contributed by atoms with Gasteiger partial charge in [0.2, 0.25) is 0 Å². The second-order valence-corrected chi connectivity index (χ2v) is 6.87. The molecule has 4 heteroatoms. The molecule has 0 aromatic heterocycles. The zero-order valence-corrected chi connectivity index (χ0v) is 14.2. The molecule has 1 aliphatic rings. The zero-order chi connectivity index (χ0) is 14.8. The molecule has 112 valence electrons. The lowest BCUT2D eigenvalue weighted by Gasteiger charge is -2.38. The van der Waals surface area contributed by atoms with Gasteiger partial charge in [-0.1, -0.05) is 13.0 Å². The van der Waals surface area contributed by atoms with Crippen molar-refractivity contribution in [1.29, 1.82) is 0 Å². The number of nitrogens with zero attached hydrogens (tertiary/aromatic N) is 1.